The average Bonchev–Trinajstić information content (AvgIpc) is 2.94. The molecule has 1 fully saturated rings. The summed E-state index contributed by atoms with van der Waals surface area (Å²) in [7, 11) is -2.52. The van der Waals surface area contributed by atoms with Crippen LogP contribution in [0.2, 0.25) is 5.02 Å². The second kappa shape index (κ2) is 11.0. The van der Waals surface area contributed by atoms with Crippen molar-refractivity contribution in [2.45, 2.75) is 11.4 Å². The van der Waals surface area contributed by atoms with Gasteiger partial charge in [0.05, 0.1) is 18.3 Å². The smallest absolute Gasteiger partial charge is 0.264 e. The normalized spacial score (nSPS) is 14.4. The summed E-state index contributed by atoms with van der Waals surface area (Å²) in [5.74, 6) is 0.135. The van der Waals surface area contributed by atoms with E-state index in [9.17, 15) is 13.2 Å². The summed E-state index contributed by atoms with van der Waals surface area (Å²) >= 11 is 5.98. The molecule has 0 aliphatic carbocycles. The first-order valence-corrected chi connectivity index (χ1v) is 14.0. The number of rotatable bonds is 7. The third-order valence-electron chi connectivity index (χ3n) is 6.56. The van der Waals surface area contributed by atoms with E-state index in [2.05, 4.69) is 14.6 Å². The number of fused-ring (bicyclic) bond motifs is 1. The molecule has 1 saturated heterocycles. The van der Waals surface area contributed by atoms with Crippen molar-refractivity contribution in [2.24, 2.45) is 0 Å². The molecular formula is C28H27ClN4O4S. The van der Waals surface area contributed by atoms with E-state index in [1.54, 1.807) is 53.6 Å². The fourth-order valence-corrected chi connectivity index (χ4v) is 5.92. The molecule has 38 heavy (non-hydrogen) atoms. The van der Waals surface area contributed by atoms with Crippen LogP contribution >= 0.6 is 11.6 Å². The number of hydrogen-bond acceptors (Lipinski definition) is 6. The molecule has 5 rings (SSSR count). The zero-order valence-corrected chi connectivity index (χ0v) is 22.4. The summed E-state index contributed by atoms with van der Waals surface area (Å²) in [5, 5.41) is 1.43. The van der Waals surface area contributed by atoms with Crippen LogP contribution in [0.3, 0.4) is 0 Å². The number of pyridine rings is 1. The topological polar surface area (TPSA) is 91.8 Å². The maximum Gasteiger partial charge on any atom is 0.264 e. The Kier molecular flexibility index (Phi) is 7.51. The summed E-state index contributed by atoms with van der Waals surface area (Å²) in [4.78, 5) is 21.6. The van der Waals surface area contributed by atoms with E-state index in [0.717, 1.165) is 25.0 Å². The van der Waals surface area contributed by atoms with Crippen LogP contribution in [0.4, 0.5) is 5.69 Å². The Morgan fingerprint density at radius 3 is 2.47 bits per heavy atom. The predicted octanol–water partition coefficient (Wildman–Crippen LogP) is 4.66. The van der Waals surface area contributed by atoms with Crippen molar-refractivity contribution >= 4 is 44.1 Å². The van der Waals surface area contributed by atoms with Gasteiger partial charge in [-0.2, -0.15) is 0 Å². The fraction of sp³-hybridized carbons (Fsp3) is 0.214. The molecule has 0 bridgehead atoms. The zero-order valence-electron chi connectivity index (χ0n) is 20.8. The molecule has 8 nitrogen and oxygen atoms in total. The number of nitrogens with one attached hydrogen (secondary N) is 1. The largest absolute Gasteiger partial charge is 0.495 e. The Bertz CT molecular complexity index is 1560. The molecule has 1 aliphatic rings. The molecule has 1 aromatic heterocycles. The van der Waals surface area contributed by atoms with Crippen molar-refractivity contribution in [1.29, 1.82) is 0 Å². The SMILES string of the molecule is COc1cc(C(=O)N2CCN(Cc3ccc(Cl)cc3)CC2)ccc1NS(=O)(=O)c1cccc2cccnc12. The number of methoxy groups -OCH3 is 1. The quantitative estimate of drug-likeness (QED) is 0.360. The molecule has 10 heteroatoms. The number of carbonyl (C=O) groups excluding carboxylic acids is 1. The number of piperazine rings is 1. The van der Waals surface area contributed by atoms with Crippen molar-refractivity contribution in [2.75, 3.05) is 38.0 Å². The van der Waals surface area contributed by atoms with Gasteiger partial charge in [-0.25, -0.2) is 8.42 Å². The summed E-state index contributed by atoms with van der Waals surface area (Å²) in [6, 6.07) is 21.1. The second-order valence-corrected chi connectivity index (χ2v) is 11.1. The van der Waals surface area contributed by atoms with Gasteiger partial charge < -0.3 is 9.64 Å². The number of para-hydroxylation sites is 1. The lowest BCUT2D eigenvalue weighted by Crippen LogP contribution is -2.48. The van der Waals surface area contributed by atoms with Crippen LogP contribution in [0.25, 0.3) is 10.9 Å². The van der Waals surface area contributed by atoms with Crippen molar-refractivity contribution in [1.82, 2.24) is 14.8 Å². The van der Waals surface area contributed by atoms with Gasteiger partial charge in [-0.1, -0.05) is 41.9 Å². The van der Waals surface area contributed by atoms with E-state index < -0.39 is 10.0 Å². The molecular weight excluding hydrogens is 524 g/mol. The van der Waals surface area contributed by atoms with Crippen LogP contribution in [0.15, 0.2) is 83.9 Å². The summed E-state index contributed by atoms with van der Waals surface area (Å²) in [6.45, 7) is 3.49. The standard InChI is InChI=1S/C28H27ClN4O4S/c1-37-25-18-22(28(34)33-16-14-32(15-17-33)19-20-7-10-23(29)11-8-20)9-12-24(25)31-38(35,36)26-6-2-4-21-5-3-13-30-27(21)26/h2-13,18,31H,14-17,19H2,1H3. The number of sulfonamides is 1. The van der Waals surface area contributed by atoms with E-state index >= 15 is 0 Å². The third-order valence-corrected chi connectivity index (χ3v) is 8.21. The number of anilines is 1. The minimum absolute atomic E-state index is 0.0641. The Morgan fingerprint density at radius 1 is 1.00 bits per heavy atom. The highest BCUT2D eigenvalue weighted by molar-refractivity contribution is 7.93. The lowest BCUT2D eigenvalue weighted by atomic mass is 10.1. The number of carbonyl (C=O) groups is 1. The summed E-state index contributed by atoms with van der Waals surface area (Å²) in [6.07, 6.45) is 1.56. The van der Waals surface area contributed by atoms with Gasteiger partial charge in [0.15, 0.2) is 0 Å². The molecule has 0 atom stereocenters. The van der Waals surface area contributed by atoms with Gasteiger partial charge in [-0.3, -0.25) is 19.4 Å². The zero-order chi connectivity index (χ0) is 26.7. The van der Waals surface area contributed by atoms with E-state index in [1.807, 2.05) is 24.3 Å². The van der Waals surface area contributed by atoms with Gasteiger partial charge in [0.25, 0.3) is 15.9 Å². The monoisotopic (exact) mass is 550 g/mol. The molecule has 1 aliphatic heterocycles. The number of amides is 1. The molecule has 0 radical (unpaired) electrons. The van der Waals surface area contributed by atoms with E-state index in [0.29, 0.717) is 29.2 Å². The van der Waals surface area contributed by atoms with Crippen molar-refractivity contribution in [3.8, 4) is 5.75 Å². The van der Waals surface area contributed by atoms with Crippen LogP contribution in [0.1, 0.15) is 15.9 Å². The Balaban J connectivity index is 1.28. The van der Waals surface area contributed by atoms with Crippen molar-refractivity contribution in [3.05, 3.63) is 95.1 Å². The highest BCUT2D eigenvalue weighted by Gasteiger charge is 2.24. The number of halogens is 1. The van der Waals surface area contributed by atoms with Gasteiger partial charge in [0.2, 0.25) is 0 Å². The number of hydrogen-bond donors (Lipinski definition) is 1. The lowest BCUT2D eigenvalue weighted by Gasteiger charge is -2.35. The number of aromatic nitrogens is 1. The van der Waals surface area contributed by atoms with Crippen LogP contribution in [0, 0.1) is 0 Å². The summed E-state index contributed by atoms with van der Waals surface area (Å²) in [5.41, 5.74) is 2.23. The molecule has 1 amide bonds. The first-order valence-electron chi connectivity index (χ1n) is 12.1. The molecule has 196 valence electrons. The first kappa shape index (κ1) is 26.0. The van der Waals surface area contributed by atoms with E-state index in [-0.39, 0.29) is 22.2 Å². The average molecular weight is 551 g/mol. The van der Waals surface area contributed by atoms with Crippen LogP contribution in [0.5, 0.6) is 5.75 Å². The second-order valence-electron chi connectivity index (χ2n) is 9.05. The molecule has 4 aromatic rings. The van der Waals surface area contributed by atoms with Gasteiger partial charge in [0.1, 0.15) is 10.6 Å². The maximum atomic E-state index is 13.2. The first-order chi connectivity index (χ1) is 18.3. The third kappa shape index (κ3) is 5.60. The van der Waals surface area contributed by atoms with E-state index in [4.69, 9.17) is 16.3 Å². The van der Waals surface area contributed by atoms with Gasteiger partial charge in [-0.15, -0.1) is 0 Å². The number of nitrogens with zero attached hydrogens (tertiary/aromatic N) is 3. The molecule has 0 unspecified atom stereocenters. The number of benzene rings is 3. The molecule has 0 saturated carbocycles. The Morgan fingerprint density at radius 2 is 1.74 bits per heavy atom. The molecule has 1 N–H and O–H groups in total. The highest BCUT2D eigenvalue weighted by atomic mass is 35.5. The van der Waals surface area contributed by atoms with E-state index in [1.165, 1.54) is 18.7 Å². The molecule has 3 aromatic carbocycles. The predicted molar refractivity (Wildman–Crippen MR) is 148 cm³/mol. The van der Waals surface area contributed by atoms with Crippen LogP contribution in [-0.2, 0) is 16.6 Å². The Labute approximate surface area is 226 Å². The van der Waals surface area contributed by atoms with Gasteiger partial charge >= 0.3 is 0 Å². The van der Waals surface area contributed by atoms with Gasteiger partial charge in [0, 0.05) is 54.9 Å². The molecule has 2 heterocycles. The van der Waals surface area contributed by atoms with Crippen molar-refractivity contribution < 1.29 is 17.9 Å². The Hall–Kier alpha value is -3.66. The number of ether oxygens (including phenoxy) is 1. The maximum absolute atomic E-state index is 13.2. The highest BCUT2D eigenvalue weighted by Crippen LogP contribution is 2.30. The van der Waals surface area contributed by atoms with Gasteiger partial charge in [-0.05, 0) is 48.0 Å². The van der Waals surface area contributed by atoms with Crippen LogP contribution < -0.4 is 9.46 Å². The fourth-order valence-electron chi connectivity index (χ4n) is 4.54. The summed E-state index contributed by atoms with van der Waals surface area (Å²) < 4.78 is 34.5. The lowest BCUT2D eigenvalue weighted by molar-refractivity contribution is 0.0628. The van der Waals surface area contributed by atoms with Crippen LogP contribution in [-0.4, -0.2) is 62.4 Å². The minimum Gasteiger partial charge on any atom is -0.495 e. The van der Waals surface area contributed by atoms with Crippen molar-refractivity contribution in [3.63, 3.8) is 0 Å². The minimum atomic E-state index is -3.96. The molecule has 0 spiro atoms.